The van der Waals surface area contributed by atoms with E-state index in [2.05, 4.69) is 6.58 Å². The highest BCUT2D eigenvalue weighted by Gasteiger charge is 2.11. The molecule has 0 aromatic heterocycles. The molecule has 2 rings (SSSR count). The maximum Gasteiger partial charge on any atom is 0.333 e. The lowest BCUT2D eigenvalue weighted by atomic mass is 10.1. The van der Waals surface area contributed by atoms with Crippen LogP contribution in [0.3, 0.4) is 0 Å². The third kappa shape index (κ3) is 9.67. The van der Waals surface area contributed by atoms with Crippen LogP contribution >= 0.6 is 0 Å². The maximum absolute atomic E-state index is 12.6. The van der Waals surface area contributed by atoms with Gasteiger partial charge in [0.1, 0.15) is 30.8 Å². The summed E-state index contributed by atoms with van der Waals surface area (Å²) in [5.74, 6) is -0.802. The van der Waals surface area contributed by atoms with Gasteiger partial charge in [0.2, 0.25) is 0 Å². The molecule has 0 spiro atoms. The number of aromatic hydroxyl groups is 2. The lowest BCUT2D eigenvalue weighted by Crippen LogP contribution is -2.23. The van der Waals surface area contributed by atoms with Crippen molar-refractivity contribution in [3.05, 3.63) is 89.2 Å². The summed E-state index contributed by atoms with van der Waals surface area (Å²) in [5.41, 5.74) is 1.75. The molecule has 9 nitrogen and oxygen atoms in total. The Morgan fingerprint density at radius 2 is 1.59 bits per heavy atom. The van der Waals surface area contributed by atoms with Gasteiger partial charge in [0.05, 0.1) is 13.7 Å². The zero-order valence-corrected chi connectivity index (χ0v) is 20.6. The van der Waals surface area contributed by atoms with E-state index in [0.717, 1.165) is 0 Å². The summed E-state index contributed by atoms with van der Waals surface area (Å²) in [5, 5.41) is 38.9. The van der Waals surface area contributed by atoms with E-state index in [1.165, 1.54) is 50.5 Å². The maximum atomic E-state index is 12.6. The normalized spacial score (nSPS) is 12.5. The zero-order chi connectivity index (χ0) is 27.4. The number of ether oxygens (including phenoxy) is 3. The van der Waals surface area contributed by atoms with E-state index >= 15 is 0 Å². The monoisotopic (exact) mass is 510 g/mol. The molecule has 2 aromatic rings. The van der Waals surface area contributed by atoms with Gasteiger partial charge in [-0.2, -0.15) is 0 Å². The Bertz CT molecular complexity index is 1210. The van der Waals surface area contributed by atoms with Gasteiger partial charge in [-0.1, -0.05) is 30.9 Å². The van der Waals surface area contributed by atoms with Gasteiger partial charge < -0.3 is 34.6 Å². The highest BCUT2D eigenvalue weighted by Crippen LogP contribution is 2.26. The summed E-state index contributed by atoms with van der Waals surface area (Å²) in [6, 6.07) is 9.20. The molecule has 0 aliphatic rings. The van der Waals surface area contributed by atoms with Gasteiger partial charge in [0.15, 0.2) is 17.3 Å². The zero-order valence-electron chi connectivity index (χ0n) is 20.6. The molecule has 0 saturated heterocycles. The van der Waals surface area contributed by atoms with Gasteiger partial charge in [-0.15, -0.1) is 0 Å². The highest BCUT2D eigenvalue weighted by molar-refractivity contribution is 6.02. The number of esters is 1. The molecule has 2 aromatic carbocycles. The molecule has 0 fully saturated rings. The van der Waals surface area contributed by atoms with Crippen LogP contribution in [0.25, 0.3) is 12.2 Å². The number of hydrogen-bond donors (Lipinski definition) is 4. The molecule has 0 aliphatic carbocycles. The molecule has 37 heavy (non-hydrogen) atoms. The molecule has 0 heterocycles. The summed E-state index contributed by atoms with van der Waals surface area (Å²) in [6.07, 6.45) is 5.93. The van der Waals surface area contributed by atoms with Gasteiger partial charge in [-0.05, 0) is 54.5 Å². The fraction of sp³-hybridized carbons (Fsp3) is 0.214. The lowest BCUT2D eigenvalue weighted by molar-refractivity contribution is -0.142. The molecule has 0 amide bonds. The minimum absolute atomic E-state index is 0.0298. The number of methoxy groups -OCH3 is 1. The van der Waals surface area contributed by atoms with Crippen molar-refractivity contribution < 1.29 is 44.2 Å². The second-order valence-corrected chi connectivity index (χ2v) is 7.94. The van der Waals surface area contributed by atoms with Crippen molar-refractivity contribution in [2.45, 2.75) is 19.6 Å². The molecule has 0 aliphatic heterocycles. The van der Waals surface area contributed by atoms with Gasteiger partial charge in [0, 0.05) is 17.2 Å². The second kappa shape index (κ2) is 14.3. The number of aliphatic hydroxyl groups is 2. The average molecular weight is 511 g/mol. The van der Waals surface area contributed by atoms with Crippen LogP contribution in [0, 0.1) is 0 Å². The first kappa shape index (κ1) is 28.9. The number of ketones is 1. The average Bonchev–Trinajstić information content (AvgIpc) is 2.88. The summed E-state index contributed by atoms with van der Waals surface area (Å²) in [6.45, 7) is 3.99. The third-order valence-electron chi connectivity index (χ3n) is 4.84. The van der Waals surface area contributed by atoms with Gasteiger partial charge >= 0.3 is 5.97 Å². The Balaban J connectivity index is 2.19. The molecule has 1 atom stereocenters. The van der Waals surface area contributed by atoms with Crippen molar-refractivity contribution in [3.63, 3.8) is 0 Å². The Kier molecular flexibility index (Phi) is 11.1. The topological polar surface area (TPSA) is 143 Å². The molecular weight excluding hydrogens is 480 g/mol. The van der Waals surface area contributed by atoms with Gasteiger partial charge in [-0.3, -0.25) is 4.79 Å². The fourth-order valence-electron chi connectivity index (χ4n) is 2.85. The Hall–Kier alpha value is -4.34. The summed E-state index contributed by atoms with van der Waals surface area (Å²) in [7, 11) is 1.41. The van der Waals surface area contributed by atoms with Crippen LogP contribution in [0.1, 0.15) is 23.6 Å². The van der Waals surface area contributed by atoms with Crippen LogP contribution in [0.5, 0.6) is 17.2 Å². The molecule has 0 bridgehead atoms. The third-order valence-corrected chi connectivity index (χ3v) is 4.84. The summed E-state index contributed by atoms with van der Waals surface area (Å²) >= 11 is 0. The smallest absolute Gasteiger partial charge is 0.333 e. The number of benzene rings is 2. The van der Waals surface area contributed by atoms with Crippen molar-refractivity contribution >= 4 is 23.9 Å². The molecule has 1 unspecified atom stereocenters. The van der Waals surface area contributed by atoms with Crippen LogP contribution in [0.4, 0.5) is 0 Å². The molecular formula is C28H30O9. The Morgan fingerprint density at radius 3 is 2.24 bits per heavy atom. The van der Waals surface area contributed by atoms with Crippen molar-refractivity contribution in [2.24, 2.45) is 0 Å². The van der Waals surface area contributed by atoms with E-state index < -0.39 is 17.9 Å². The highest BCUT2D eigenvalue weighted by atomic mass is 16.5. The van der Waals surface area contributed by atoms with E-state index in [4.69, 9.17) is 14.2 Å². The van der Waals surface area contributed by atoms with Crippen molar-refractivity contribution in [1.29, 1.82) is 0 Å². The number of carbonyl (C=O) groups excluding carboxylic acids is 2. The van der Waals surface area contributed by atoms with Gasteiger partial charge in [-0.25, -0.2) is 4.79 Å². The van der Waals surface area contributed by atoms with E-state index in [9.17, 15) is 30.0 Å². The van der Waals surface area contributed by atoms with E-state index in [-0.39, 0.29) is 48.4 Å². The van der Waals surface area contributed by atoms with Crippen LogP contribution < -0.4 is 4.74 Å². The number of phenols is 2. The van der Waals surface area contributed by atoms with Crippen molar-refractivity contribution in [1.82, 2.24) is 0 Å². The quantitative estimate of drug-likeness (QED) is 0.138. The number of aliphatic hydroxyl groups excluding tert-OH is 2. The minimum Gasteiger partial charge on any atom is -0.508 e. The number of phenolic OH excluding ortho intramolecular Hbond substituents is 1. The van der Waals surface area contributed by atoms with Crippen LogP contribution in [-0.4, -0.2) is 58.6 Å². The SMILES string of the molecule is C=C(C)C(=O)OCC(O)COC(=C\C(=O)/C=C/c1ccc(O)c(OC)c1)/C=C/c1ccc(O)c(CO)c1. The largest absolute Gasteiger partial charge is 0.508 e. The van der Waals surface area contributed by atoms with Crippen LogP contribution in [0.15, 0.2) is 72.5 Å². The van der Waals surface area contributed by atoms with E-state index in [0.29, 0.717) is 16.7 Å². The number of hydrogen-bond acceptors (Lipinski definition) is 9. The first-order valence-electron chi connectivity index (χ1n) is 11.2. The van der Waals surface area contributed by atoms with E-state index in [1.54, 1.807) is 30.3 Å². The van der Waals surface area contributed by atoms with Crippen LogP contribution in [0.2, 0.25) is 0 Å². The summed E-state index contributed by atoms with van der Waals surface area (Å²) in [4.78, 5) is 24.1. The Morgan fingerprint density at radius 1 is 0.973 bits per heavy atom. The number of allylic oxidation sites excluding steroid dienone is 3. The predicted octanol–water partition coefficient (Wildman–Crippen LogP) is 3.28. The van der Waals surface area contributed by atoms with Crippen molar-refractivity contribution in [3.8, 4) is 17.2 Å². The number of rotatable bonds is 13. The van der Waals surface area contributed by atoms with Gasteiger partial charge in [0.25, 0.3) is 0 Å². The summed E-state index contributed by atoms with van der Waals surface area (Å²) < 4.78 is 15.5. The lowest BCUT2D eigenvalue weighted by Gasteiger charge is -2.13. The molecule has 196 valence electrons. The molecule has 0 saturated carbocycles. The standard InChI is InChI=1S/C28H30O9/c1-18(2)28(34)37-17-23(31)16-36-24(9-5-19-6-10-25(32)21(12-19)15-29)14-22(30)8-4-20-7-11-26(33)27(13-20)35-3/h4-14,23,29,31-33H,1,15-17H2,2-3H3/b8-4+,9-5+,24-14-. The van der Waals surface area contributed by atoms with Crippen molar-refractivity contribution in [2.75, 3.05) is 20.3 Å². The van der Waals surface area contributed by atoms with E-state index in [1.807, 2.05) is 0 Å². The van der Waals surface area contributed by atoms with Crippen LogP contribution in [-0.2, 0) is 25.7 Å². The fourth-order valence-corrected chi connectivity index (χ4v) is 2.85. The number of carbonyl (C=O) groups is 2. The first-order chi connectivity index (χ1) is 17.6. The first-order valence-corrected chi connectivity index (χ1v) is 11.2. The second-order valence-electron chi connectivity index (χ2n) is 7.94. The minimum atomic E-state index is -1.16. The molecule has 0 radical (unpaired) electrons. The Labute approximate surface area is 214 Å². The predicted molar refractivity (Wildman–Crippen MR) is 138 cm³/mol. The molecule has 4 N–H and O–H groups in total. The molecule has 9 heteroatoms.